The Kier molecular flexibility index (Phi) is 4.38. The van der Waals surface area contributed by atoms with Gasteiger partial charge >= 0.3 is 0 Å². The molecule has 0 bridgehead atoms. The average Bonchev–Trinajstić information content (AvgIpc) is 2.87. The van der Waals surface area contributed by atoms with Gasteiger partial charge in [-0.1, -0.05) is 20.8 Å². The van der Waals surface area contributed by atoms with Crippen LogP contribution in [0.2, 0.25) is 0 Å². The number of aromatic nitrogens is 2. The summed E-state index contributed by atoms with van der Waals surface area (Å²) in [5.41, 5.74) is 7.93. The van der Waals surface area contributed by atoms with E-state index in [-0.39, 0.29) is 18.6 Å². The summed E-state index contributed by atoms with van der Waals surface area (Å²) in [6.07, 6.45) is 0. The minimum absolute atomic E-state index is 0.109. The number of hydrogen-bond acceptors (Lipinski definition) is 5. The van der Waals surface area contributed by atoms with Crippen molar-refractivity contribution in [1.82, 2.24) is 9.78 Å². The van der Waals surface area contributed by atoms with Crippen LogP contribution < -0.4 is 10.5 Å². The summed E-state index contributed by atoms with van der Waals surface area (Å²) in [4.78, 5) is 0. The van der Waals surface area contributed by atoms with E-state index in [4.69, 9.17) is 20.8 Å². The quantitative estimate of drug-likeness (QED) is 0.900. The predicted octanol–water partition coefficient (Wildman–Crippen LogP) is 1.99. The predicted molar refractivity (Wildman–Crippen MR) is 84.0 cm³/mol. The highest BCUT2D eigenvalue weighted by atomic mass is 16.5. The van der Waals surface area contributed by atoms with Crippen molar-refractivity contribution in [3.63, 3.8) is 0 Å². The molecule has 0 spiro atoms. The van der Waals surface area contributed by atoms with E-state index in [1.165, 1.54) is 0 Å². The molecule has 0 unspecified atom stereocenters. The molecule has 2 aromatic rings. The average molecular weight is 300 g/mol. The Bertz CT molecular complexity index is 708. The fourth-order valence-corrected chi connectivity index (χ4v) is 1.98. The molecule has 116 valence electrons. The molecule has 6 heteroatoms. The summed E-state index contributed by atoms with van der Waals surface area (Å²) in [6.45, 7) is 6.20. The molecule has 0 saturated heterocycles. The van der Waals surface area contributed by atoms with Crippen LogP contribution in [0.3, 0.4) is 0 Å². The summed E-state index contributed by atoms with van der Waals surface area (Å²) in [6, 6.07) is 9.01. The van der Waals surface area contributed by atoms with Crippen LogP contribution >= 0.6 is 0 Å². The Morgan fingerprint density at radius 3 is 2.64 bits per heavy atom. The van der Waals surface area contributed by atoms with Gasteiger partial charge < -0.3 is 15.6 Å². The summed E-state index contributed by atoms with van der Waals surface area (Å²) in [5, 5.41) is 22.5. The van der Waals surface area contributed by atoms with Gasteiger partial charge in [0, 0.05) is 17.5 Å². The fraction of sp³-hybridized carbons (Fsp3) is 0.375. The third-order valence-electron chi connectivity index (χ3n) is 3.18. The molecule has 2 rings (SSSR count). The van der Waals surface area contributed by atoms with E-state index < -0.39 is 0 Å². The van der Waals surface area contributed by atoms with Crippen molar-refractivity contribution in [2.24, 2.45) is 0 Å². The van der Waals surface area contributed by atoms with Crippen LogP contribution in [-0.4, -0.2) is 28.1 Å². The SMILES string of the molecule is CC(C)(C)c1cc(N)n(-c2ccc(C#N)c(OCCO)c2)n1. The van der Waals surface area contributed by atoms with E-state index in [9.17, 15) is 0 Å². The van der Waals surface area contributed by atoms with E-state index in [2.05, 4.69) is 31.9 Å². The second-order valence-corrected chi connectivity index (χ2v) is 5.98. The highest BCUT2D eigenvalue weighted by molar-refractivity contribution is 5.53. The van der Waals surface area contributed by atoms with Crippen LogP contribution in [0.4, 0.5) is 5.82 Å². The van der Waals surface area contributed by atoms with E-state index in [1.807, 2.05) is 6.07 Å². The van der Waals surface area contributed by atoms with Gasteiger partial charge in [0.05, 0.1) is 23.6 Å². The van der Waals surface area contributed by atoms with E-state index in [0.717, 1.165) is 5.69 Å². The third-order valence-corrected chi connectivity index (χ3v) is 3.18. The smallest absolute Gasteiger partial charge is 0.139 e. The van der Waals surface area contributed by atoms with Gasteiger partial charge in [-0.25, -0.2) is 4.68 Å². The van der Waals surface area contributed by atoms with E-state index in [0.29, 0.717) is 22.8 Å². The molecule has 3 N–H and O–H groups in total. The van der Waals surface area contributed by atoms with Gasteiger partial charge in [-0.15, -0.1) is 0 Å². The topological polar surface area (TPSA) is 97.1 Å². The molecule has 0 amide bonds. The summed E-state index contributed by atoms with van der Waals surface area (Å²) in [7, 11) is 0. The number of ether oxygens (including phenoxy) is 1. The van der Waals surface area contributed by atoms with Gasteiger partial charge in [-0.2, -0.15) is 10.4 Å². The highest BCUT2D eigenvalue weighted by Crippen LogP contribution is 2.27. The molecule has 6 nitrogen and oxygen atoms in total. The fourth-order valence-electron chi connectivity index (χ4n) is 1.98. The zero-order valence-electron chi connectivity index (χ0n) is 13.0. The minimum atomic E-state index is -0.118. The van der Waals surface area contributed by atoms with Crippen molar-refractivity contribution in [3.8, 4) is 17.5 Å². The molecule has 1 heterocycles. The van der Waals surface area contributed by atoms with Gasteiger partial charge in [0.2, 0.25) is 0 Å². The lowest BCUT2D eigenvalue weighted by Crippen LogP contribution is -2.12. The first-order valence-corrected chi connectivity index (χ1v) is 7.01. The molecule has 0 aliphatic rings. The second kappa shape index (κ2) is 6.08. The molecule has 0 radical (unpaired) electrons. The number of nitriles is 1. The molecule has 22 heavy (non-hydrogen) atoms. The van der Waals surface area contributed by atoms with E-state index in [1.54, 1.807) is 22.9 Å². The van der Waals surface area contributed by atoms with Crippen molar-refractivity contribution < 1.29 is 9.84 Å². The third kappa shape index (κ3) is 3.21. The standard InChI is InChI=1S/C16H20N4O2/c1-16(2,3)14-9-15(18)20(19-14)12-5-4-11(10-17)13(8-12)22-7-6-21/h4-5,8-9,21H,6-7,18H2,1-3H3. The van der Waals surface area contributed by atoms with Crippen molar-refractivity contribution in [1.29, 1.82) is 5.26 Å². The first kappa shape index (κ1) is 15.9. The largest absolute Gasteiger partial charge is 0.490 e. The molecule has 0 saturated carbocycles. The minimum Gasteiger partial charge on any atom is -0.490 e. The monoisotopic (exact) mass is 300 g/mol. The molecule has 0 atom stereocenters. The van der Waals surface area contributed by atoms with Gasteiger partial charge in [0.1, 0.15) is 24.2 Å². The molecule has 1 aromatic carbocycles. The number of benzene rings is 1. The van der Waals surface area contributed by atoms with Crippen LogP contribution in [0.15, 0.2) is 24.3 Å². The maximum Gasteiger partial charge on any atom is 0.139 e. The summed E-state index contributed by atoms with van der Waals surface area (Å²) in [5.74, 6) is 0.920. The van der Waals surface area contributed by atoms with Crippen LogP contribution in [0.1, 0.15) is 32.0 Å². The Hall–Kier alpha value is -2.52. The van der Waals surface area contributed by atoms with Gasteiger partial charge in [0.25, 0.3) is 0 Å². The van der Waals surface area contributed by atoms with Crippen LogP contribution in [0, 0.1) is 11.3 Å². The Morgan fingerprint density at radius 2 is 2.09 bits per heavy atom. The van der Waals surface area contributed by atoms with Crippen LogP contribution in [-0.2, 0) is 5.41 Å². The van der Waals surface area contributed by atoms with Gasteiger partial charge in [0.15, 0.2) is 0 Å². The summed E-state index contributed by atoms with van der Waals surface area (Å²) >= 11 is 0. The number of hydrogen-bond donors (Lipinski definition) is 2. The Balaban J connectivity index is 2.45. The summed E-state index contributed by atoms with van der Waals surface area (Å²) < 4.78 is 7.02. The molecule has 0 aliphatic carbocycles. The number of nitrogen functional groups attached to an aromatic ring is 1. The maximum atomic E-state index is 9.10. The molecule has 0 fully saturated rings. The molecule has 1 aromatic heterocycles. The zero-order chi connectivity index (χ0) is 16.3. The van der Waals surface area contributed by atoms with Crippen LogP contribution in [0.25, 0.3) is 5.69 Å². The zero-order valence-corrected chi connectivity index (χ0v) is 13.0. The van der Waals surface area contributed by atoms with Crippen molar-refractivity contribution >= 4 is 5.82 Å². The van der Waals surface area contributed by atoms with Crippen molar-refractivity contribution in [2.45, 2.75) is 26.2 Å². The number of aliphatic hydroxyl groups excluding tert-OH is 1. The van der Waals surface area contributed by atoms with Crippen molar-refractivity contribution in [2.75, 3.05) is 18.9 Å². The normalized spacial score (nSPS) is 11.2. The number of rotatable bonds is 4. The lowest BCUT2D eigenvalue weighted by Gasteiger charge is -2.14. The molecular weight excluding hydrogens is 280 g/mol. The van der Waals surface area contributed by atoms with Gasteiger partial charge in [-0.05, 0) is 12.1 Å². The number of aliphatic hydroxyl groups is 1. The van der Waals surface area contributed by atoms with Crippen molar-refractivity contribution in [3.05, 3.63) is 35.5 Å². The number of nitrogens with two attached hydrogens (primary N) is 1. The van der Waals surface area contributed by atoms with Crippen LogP contribution in [0.5, 0.6) is 5.75 Å². The second-order valence-electron chi connectivity index (χ2n) is 5.98. The van der Waals surface area contributed by atoms with E-state index >= 15 is 0 Å². The highest BCUT2D eigenvalue weighted by Gasteiger charge is 2.20. The lowest BCUT2D eigenvalue weighted by atomic mass is 9.92. The van der Waals surface area contributed by atoms with Gasteiger partial charge in [-0.3, -0.25) is 0 Å². The molecule has 0 aliphatic heterocycles. The Morgan fingerprint density at radius 1 is 1.36 bits per heavy atom. The molecular formula is C16H20N4O2. The Labute approximate surface area is 129 Å². The first-order chi connectivity index (χ1) is 10.4. The first-order valence-electron chi connectivity index (χ1n) is 7.01. The number of anilines is 1. The lowest BCUT2D eigenvalue weighted by molar-refractivity contribution is 0.201. The maximum absolute atomic E-state index is 9.10. The number of nitrogens with zero attached hydrogens (tertiary/aromatic N) is 3.